The van der Waals surface area contributed by atoms with Crippen LogP contribution in [0.4, 0.5) is 5.69 Å². The number of nitrogen functional groups attached to an aromatic ring is 1. The SMILES string of the molecule is Cn1cc(Cl)cc(N)c1=O. The van der Waals surface area contributed by atoms with Crippen molar-refractivity contribution in [2.24, 2.45) is 7.05 Å². The molecular weight excluding hydrogens is 152 g/mol. The molecule has 0 fully saturated rings. The van der Waals surface area contributed by atoms with E-state index in [2.05, 4.69) is 0 Å². The van der Waals surface area contributed by atoms with Gasteiger partial charge in [-0.25, -0.2) is 0 Å². The van der Waals surface area contributed by atoms with Crippen molar-refractivity contribution in [3.05, 3.63) is 27.6 Å². The third kappa shape index (κ3) is 1.14. The average molecular weight is 159 g/mol. The average Bonchev–Trinajstić information content (AvgIpc) is 1.82. The summed E-state index contributed by atoms with van der Waals surface area (Å²) in [5, 5.41) is 0.472. The first-order chi connectivity index (χ1) is 4.61. The Kier molecular flexibility index (Phi) is 1.68. The molecular formula is C6H7ClN2O. The van der Waals surface area contributed by atoms with Crippen molar-refractivity contribution in [2.75, 3.05) is 5.73 Å². The number of rotatable bonds is 0. The van der Waals surface area contributed by atoms with Crippen LogP contribution in [-0.2, 0) is 7.05 Å². The van der Waals surface area contributed by atoms with Crippen LogP contribution in [0.5, 0.6) is 0 Å². The molecule has 0 atom stereocenters. The first-order valence-electron chi connectivity index (χ1n) is 2.73. The summed E-state index contributed by atoms with van der Waals surface area (Å²) >= 11 is 5.58. The Bertz CT molecular complexity index is 279. The third-order valence-corrected chi connectivity index (χ3v) is 1.38. The normalized spacial score (nSPS) is 9.80. The second kappa shape index (κ2) is 2.34. The molecule has 10 heavy (non-hydrogen) atoms. The Morgan fingerprint density at radius 1 is 1.70 bits per heavy atom. The summed E-state index contributed by atoms with van der Waals surface area (Å²) in [6.07, 6.45) is 1.51. The molecule has 0 saturated heterocycles. The summed E-state index contributed by atoms with van der Waals surface area (Å²) in [5.74, 6) is 0. The van der Waals surface area contributed by atoms with Gasteiger partial charge in [0, 0.05) is 13.2 Å². The fourth-order valence-electron chi connectivity index (χ4n) is 0.695. The first kappa shape index (κ1) is 7.15. The molecule has 0 unspecified atom stereocenters. The Hall–Kier alpha value is -0.960. The Balaban J connectivity index is 3.46. The Morgan fingerprint density at radius 2 is 2.30 bits per heavy atom. The van der Waals surface area contributed by atoms with Gasteiger partial charge in [0.25, 0.3) is 5.56 Å². The molecule has 1 heterocycles. The van der Waals surface area contributed by atoms with Gasteiger partial charge in [0.1, 0.15) is 0 Å². The van der Waals surface area contributed by atoms with Crippen molar-refractivity contribution < 1.29 is 0 Å². The molecule has 0 radical (unpaired) electrons. The molecule has 0 aromatic carbocycles. The molecule has 3 nitrogen and oxygen atoms in total. The van der Waals surface area contributed by atoms with E-state index < -0.39 is 0 Å². The second-order valence-corrected chi connectivity index (χ2v) is 2.47. The highest BCUT2D eigenvalue weighted by molar-refractivity contribution is 6.30. The van der Waals surface area contributed by atoms with Gasteiger partial charge in [-0.15, -0.1) is 0 Å². The molecule has 0 aliphatic heterocycles. The second-order valence-electron chi connectivity index (χ2n) is 2.03. The minimum absolute atomic E-state index is 0.176. The largest absolute Gasteiger partial charge is 0.394 e. The van der Waals surface area contributed by atoms with Crippen molar-refractivity contribution in [3.8, 4) is 0 Å². The molecule has 1 rings (SSSR count). The highest BCUT2D eigenvalue weighted by Crippen LogP contribution is 2.06. The molecule has 0 aliphatic rings. The summed E-state index contributed by atoms with van der Waals surface area (Å²) in [7, 11) is 1.60. The van der Waals surface area contributed by atoms with Gasteiger partial charge in [0.15, 0.2) is 0 Å². The standard InChI is InChI=1S/C6H7ClN2O/c1-9-3-4(7)2-5(8)6(9)10/h2-3H,8H2,1H3. The lowest BCUT2D eigenvalue weighted by molar-refractivity contribution is 0.864. The number of halogens is 1. The molecule has 2 N–H and O–H groups in total. The van der Waals surface area contributed by atoms with E-state index in [1.54, 1.807) is 7.05 Å². The molecule has 0 saturated carbocycles. The van der Waals surface area contributed by atoms with Crippen LogP contribution in [0, 0.1) is 0 Å². The number of hydrogen-bond donors (Lipinski definition) is 1. The monoisotopic (exact) mass is 158 g/mol. The van der Waals surface area contributed by atoms with Gasteiger partial charge in [-0.05, 0) is 6.07 Å². The quantitative estimate of drug-likeness (QED) is 0.602. The zero-order valence-corrected chi connectivity index (χ0v) is 6.22. The van der Waals surface area contributed by atoms with Crippen molar-refractivity contribution in [2.45, 2.75) is 0 Å². The predicted molar refractivity (Wildman–Crippen MR) is 41.1 cm³/mol. The number of hydrogen-bond acceptors (Lipinski definition) is 2. The maximum absolute atomic E-state index is 10.9. The zero-order valence-electron chi connectivity index (χ0n) is 5.47. The van der Waals surface area contributed by atoms with Crippen LogP contribution in [0.15, 0.2) is 17.1 Å². The third-order valence-electron chi connectivity index (χ3n) is 1.18. The molecule has 4 heteroatoms. The fourth-order valence-corrected chi connectivity index (χ4v) is 0.959. The number of nitrogens with zero attached hydrogens (tertiary/aromatic N) is 1. The molecule has 0 aliphatic carbocycles. The predicted octanol–water partition coefficient (Wildman–Crippen LogP) is 0.621. The molecule has 1 aromatic heterocycles. The molecule has 1 aromatic rings. The number of nitrogens with two attached hydrogens (primary N) is 1. The molecule has 0 amide bonds. The van der Waals surface area contributed by atoms with Gasteiger partial charge in [0.2, 0.25) is 0 Å². The van der Waals surface area contributed by atoms with E-state index in [4.69, 9.17) is 17.3 Å². The number of anilines is 1. The smallest absolute Gasteiger partial charge is 0.273 e. The molecule has 0 spiro atoms. The molecule has 54 valence electrons. The fraction of sp³-hybridized carbons (Fsp3) is 0.167. The van der Waals surface area contributed by atoms with Crippen LogP contribution in [0.25, 0.3) is 0 Å². The minimum atomic E-state index is -0.218. The van der Waals surface area contributed by atoms with E-state index in [-0.39, 0.29) is 11.2 Å². The topological polar surface area (TPSA) is 48.0 Å². The summed E-state index contributed by atoms with van der Waals surface area (Å²) < 4.78 is 1.34. The van der Waals surface area contributed by atoms with E-state index in [0.717, 1.165) is 0 Å². The van der Waals surface area contributed by atoms with Gasteiger partial charge in [-0.1, -0.05) is 11.6 Å². The van der Waals surface area contributed by atoms with E-state index in [9.17, 15) is 4.79 Å². The van der Waals surface area contributed by atoms with E-state index in [0.29, 0.717) is 5.02 Å². The zero-order chi connectivity index (χ0) is 7.72. The first-order valence-corrected chi connectivity index (χ1v) is 3.10. The van der Waals surface area contributed by atoms with E-state index >= 15 is 0 Å². The number of aryl methyl sites for hydroxylation is 1. The summed E-state index contributed by atoms with van der Waals surface area (Å²) in [6.45, 7) is 0. The van der Waals surface area contributed by atoms with Gasteiger partial charge in [-0.3, -0.25) is 4.79 Å². The van der Waals surface area contributed by atoms with Crippen molar-refractivity contribution >= 4 is 17.3 Å². The highest BCUT2D eigenvalue weighted by atomic mass is 35.5. The van der Waals surface area contributed by atoms with Crippen LogP contribution >= 0.6 is 11.6 Å². The van der Waals surface area contributed by atoms with Gasteiger partial charge < -0.3 is 10.3 Å². The lowest BCUT2D eigenvalue weighted by Crippen LogP contribution is -2.18. The van der Waals surface area contributed by atoms with E-state index in [1.807, 2.05) is 0 Å². The number of aromatic nitrogens is 1. The summed E-state index contributed by atoms with van der Waals surface area (Å²) in [6, 6.07) is 1.43. The summed E-state index contributed by atoms with van der Waals surface area (Å²) in [4.78, 5) is 10.9. The lowest BCUT2D eigenvalue weighted by Gasteiger charge is -1.98. The maximum atomic E-state index is 10.9. The number of pyridine rings is 1. The van der Waals surface area contributed by atoms with Crippen molar-refractivity contribution in [3.63, 3.8) is 0 Å². The lowest BCUT2D eigenvalue weighted by atomic mass is 10.4. The van der Waals surface area contributed by atoms with Gasteiger partial charge in [-0.2, -0.15) is 0 Å². The summed E-state index contributed by atoms with van der Waals surface area (Å²) in [5.41, 5.74) is 5.26. The maximum Gasteiger partial charge on any atom is 0.273 e. The molecule has 0 bridgehead atoms. The highest BCUT2D eigenvalue weighted by Gasteiger charge is 1.96. The van der Waals surface area contributed by atoms with E-state index in [1.165, 1.54) is 16.8 Å². The van der Waals surface area contributed by atoms with Crippen LogP contribution < -0.4 is 11.3 Å². The van der Waals surface area contributed by atoms with Crippen LogP contribution in [0.2, 0.25) is 5.02 Å². The van der Waals surface area contributed by atoms with Crippen molar-refractivity contribution in [1.29, 1.82) is 0 Å². The Labute approximate surface area is 63.0 Å². The minimum Gasteiger partial charge on any atom is -0.394 e. The van der Waals surface area contributed by atoms with Crippen molar-refractivity contribution in [1.82, 2.24) is 4.57 Å². The van der Waals surface area contributed by atoms with Crippen LogP contribution in [0.1, 0.15) is 0 Å². The van der Waals surface area contributed by atoms with Crippen LogP contribution in [-0.4, -0.2) is 4.57 Å². The van der Waals surface area contributed by atoms with Crippen LogP contribution in [0.3, 0.4) is 0 Å². The van der Waals surface area contributed by atoms with Gasteiger partial charge in [0.05, 0.1) is 10.7 Å². The Morgan fingerprint density at radius 3 is 2.80 bits per heavy atom. The van der Waals surface area contributed by atoms with Gasteiger partial charge >= 0.3 is 0 Å².